The number of ether oxygens (including phenoxy) is 1. The zero-order valence-electron chi connectivity index (χ0n) is 15.1. The Kier molecular flexibility index (Phi) is 6.58. The molecule has 1 saturated heterocycles. The molecule has 0 aliphatic carbocycles. The number of carbonyl (C=O) groups excluding carboxylic acids is 2. The second-order valence-electron chi connectivity index (χ2n) is 6.92. The zero-order chi connectivity index (χ0) is 18.3. The van der Waals surface area contributed by atoms with E-state index in [-0.39, 0.29) is 24.0 Å². The highest BCUT2D eigenvalue weighted by Gasteiger charge is 2.17. The molecule has 1 aromatic heterocycles. The van der Waals surface area contributed by atoms with Crippen LogP contribution in [0.15, 0.2) is 18.3 Å². The van der Waals surface area contributed by atoms with Crippen LogP contribution in [0.4, 0.5) is 10.6 Å². The van der Waals surface area contributed by atoms with Crippen LogP contribution in [-0.4, -0.2) is 55.3 Å². The summed E-state index contributed by atoms with van der Waals surface area (Å²) in [5, 5.41) is 8.12. The van der Waals surface area contributed by atoms with Gasteiger partial charge in [0.2, 0.25) is 5.91 Å². The fourth-order valence-corrected chi connectivity index (χ4v) is 2.49. The van der Waals surface area contributed by atoms with Gasteiger partial charge >= 0.3 is 6.03 Å². The number of rotatable bonds is 5. The van der Waals surface area contributed by atoms with Crippen molar-refractivity contribution in [3.8, 4) is 0 Å². The number of hydrogen-bond donors (Lipinski definition) is 3. The lowest BCUT2D eigenvalue weighted by Crippen LogP contribution is -2.47. The van der Waals surface area contributed by atoms with Crippen LogP contribution in [0.3, 0.4) is 0 Å². The number of carbonyl (C=O) groups is 2. The number of nitrogens with one attached hydrogen (secondary N) is 3. The molecule has 25 heavy (non-hydrogen) atoms. The minimum atomic E-state index is -0.388. The molecule has 0 aromatic carbocycles. The molecule has 0 atom stereocenters. The van der Waals surface area contributed by atoms with Gasteiger partial charge in [0, 0.05) is 36.9 Å². The van der Waals surface area contributed by atoms with E-state index in [2.05, 4.69) is 25.8 Å². The van der Waals surface area contributed by atoms with Crippen molar-refractivity contribution in [2.45, 2.75) is 32.9 Å². The van der Waals surface area contributed by atoms with Crippen LogP contribution in [0.25, 0.3) is 0 Å². The summed E-state index contributed by atoms with van der Waals surface area (Å²) in [6.45, 7) is 8.85. The van der Waals surface area contributed by atoms with Gasteiger partial charge in [-0.15, -0.1) is 0 Å². The number of anilines is 1. The Bertz CT molecular complexity index is 594. The van der Waals surface area contributed by atoms with Gasteiger partial charge in [-0.1, -0.05) is 6.07 Å². The predicted molar refractivity (Wildman–Crippen MR) is 95.4 cm³/mol. The average molecular weight is 349 g/mol. The lowest BCUT2D eigenvalue weighted by Gasteiger charge is -2.29. The summed E-state index contributed by atoms with van der Waals surface area (Å²) in [7, 11) is 0. The van der Waals surface area contributed by atoms with Crippen LogP contribution in [-0.2, 0) is 16.1 Å². The van der Waals surface area contributed by atoms with Crippen LogP contribution < -0.4 is 20.9 Å². The van der Waals surface area contributed by atoms with E-state index < -0.39 is 0 Å². The van der Waals surface area contributed by atoms with Crippen LogP contribution in [0.2, 0.25) is 0 Å². The maximum atomic E-state index is 11.9. The van der Waals surface area contributed by atoms with E-state index in [4.69, 9.17) is 4.74 Å². The normalized spacial score (nSPS) is 14.8. The number of urea groups is 1. The smallest absolute Gasteiger partial charge is 0.315 e. The Labute approximate surface area is 148 Å². The van der Waals surface area contributed by atoms with Gasteiger partial charge < -0.3 is 25.6 Å². The molecule has 2 heterocycles. The van der Waals surface area contributed by atoms with E-state index in [1.807, 2.05) is 32.9 Å². The molecule has 1 aromatic rings. The van der Waals surface area contributed by atoms with Crippen molar-refractivity contribution >= 4 is 17.8 Å². The molecule has 8 nitrogen and oxygen atoms in total. The maximum Gasteiger partial charge on any atom is 0.315 e. The molecule has 1 fully saturated rings. The Morgan fingerprint density at radius 1 is 1.24 bits per heavy atom. The molecule has 0 unspecified atom stereocenters. The quantitative estimate of drug-likeness (QED) is 0.725. The summed E-state index contributed by atoms with van der Waals surface area (Å²) in [4.78, 5) is 30.2. The Morgan fingerprint density at radius 3 is 2.64 bits per heavy atom. The van der Waals surface area contributed by atoms with Crippen LogP contribution in [0.5, 0.6) is 0 Å². The Hall–Kier alpha value is -2.35. The number of morpholine rings is 1. The van der Waals surface area contributed by atoms with E-state index in [1.165, 1.54) is 0 Å². The number of pyridine rings is 1. The van der Waals surface area contributed by atoms with E-state index in [0.717, 1.165) is 24.5 Å². The van der Waals surface area contributed by atoms with Crippen LogP contribution in [0, 0.1) is 0 Å². The van der Waals surface area contributed by atoms with Crippen LogP contribution >= 0.6 is 0 Å². The largest absolute Gasteiger partial charge is 0.378 e. The number of nitrogens with zero attached hydrogens (tertiary/aromatic N) is 2. The van der Waals surface area contributed by atoms with Gasteiger partial charge in [-0.3, -0.25) is 4.79 Å². The first-order valence-electron chi connectivity index (χ1n) is 8.44. The summed E-state index contributed by atoms with van der Waals surface area (Å²) in [5.74, 6) is 0.634. The third kappa shape index (κ3) is 6.58. The van der Waals surface area contributed by atoms with Gasteiger partial charge in [0.1, 0.15) is 5.82 Å². The standard InChI is InChI=1S/C17H27N5O3/c1-17(2,3)21-14(23)12-20-16(24)19-11-13-5-4-6-18-15(13)22-7-9-25-10-8-22/h4-6H,7-12H2,1-3H3,(H,21,23)(H2,19,20,24). The van der Waals surface area contributed by atoms with Crippen molar-refractivity contribution in [1.29, 1.82) is 0 Å². The van der Waals surface area contributed by atoms with Crippen molar-refractivity contribution in [3.05, 3.63) is 23.9 Å². The minimum Gasteiger partial charge on any atom is -0.378 e. The lowest BCUT2D eigenvalue weighted by atomic mass is 10.1. The number of amides is 3. The highest BCUT2D eigenvalue weighted by atomic mass is 16.5. The Balaban J connectivity index is 1.82. The van der Waals surface area contributed by atoms with Gasteiger partial charge in [0.15, 0.2) is 0 Å². The molecule has 0 radical (unpaired) electrons. The van der Waals surface area contributed by atoms with Gasteiger partial charge in [-0.05, 0) is 26.8 Å². The van der Waals surface area contributed by atoms with E-state index in [9.17, 15) is 9.59 Å². The van der Waals surface area contributed by atoms with Crippen molar-refractivity contribution in [2.24, 2.45) is 0 Å². The molecule has 8 heteroatoms. The maximum absolute atomic E-state index is 11.9. The van der Waals surface area contributed by atoms with Gasteiger partial charge in [0.05, 0.1) is 19.8 Å². The molecule has 0 saturated carbocycles. The van der Waals surface area contributed by atoms with E-state index >= 15 is 0 Å². The van der Waals surface area contributed by atoms with E-state index in [0.29, 0.717) is 19.8 Å². The molecule has 3 amide bonds. The van der Waals surface area contributed by atoms with Gasteiger partial charge in [-0.2, -0.15) is 0 Å². The van der Waals surface area contributed by atoms with Gasteiger partial charge in [-0.25, -0.2) is 9.78 Å². The average Bonchev–Trinajstić information content (AvgIpc) is 2.58. The SMILES string of the molecule is CC(C)(C)NC(=O)CNC(=O)NCc1cccnc1N1CCOCC1. The highest BCUT2D eigenvalue weighted by molar-refractivity contribution is 5.84. The predicted octanol–water partition coefficient (Wildman–Crippen LogP) is 0.632. The van der Waals surface area contributed by atoms with Crippen molar-refractivity contribution in [1.82, 2.24) is 20.9 Å². The second-order valence-corrected chi connectivity index (χ2v) is 6.92. The monoisotopic (exact) mass is 349 g/mol. The summed E-state index contributed by atoms with van der Waals surface area (Å²) in [6.07, 6.45) is 1.74. The molecule has 0 bridgehead atoms. The van der Waals surface area contributed by atoms with E-state index in [1.54, 1.807) is 6.20 Å². The molecule has 138 valence electrons. The second kappa shape index (κ2) is 8.66. The molecule has 2 rings (SSSR count). The molecule has 3 N–H and O–H groups in total. The number of aromatic nitrogens is 1. The molecule has 1 aliphatic heterocycles. The number of hydrogen-bond acceptors (Lipinski definition) is 5. The first kappa shape index (κ1) is 19.0. The minimum absolute atomic E-state index is 0.0630. The highest BCUT2D eigenvalue weighted by Crippen LogP contribution is 2.18. The van der Waals surface area contributed by atoms with Crippen LogP contribution in [0.1, 0.15) is 26.3 Å². The molecular weight excluding hydrogens is 322 g/mol. The first-order valence-corrected chi connectivity index (χ1v) is 8.44. The molecule has 1 aliphatic rings. The Morgan fingerprint density at radius 2 is 1.96 bits per heavy atom. The molecular formula is C17H27N5O3. The first-order chi connectivity index (χ1) is 11.8. The van der Waals surface area contributed by atoms with Crippen molar-refractivity contribution in [2.75, 3.05) is 37.7 Å². The third-order valence-corrected chi connectivity index (χ3v) is 3.54. The molecule has 0 spiro atoms. The zero-order valence-corrected chi connectivity index (χ0v) is 15.1. The van der Waals surface area contributed by atoms with Crippen molar-refractivity contribution in [3.63, 3.8) is 0 Å². The summed E-state index contributed by atoms with van der Waals surface area (Å²) in [6, 6.07) is 3.39. The summed E-state index contributed by atoms with van der Waals surface area (Å²) < 4.78 is 5.36. The van der Waals surface area contributed by atoms with Crippen molar-refractivity contribution < 1.29 is 14.3 Å². The third-order valence-electron chi connectivity index (χ3n) is 3.54. The lowest BCUT2D eigenvalue weighted by molar-refractivity contribution is -0.121. The topological polar surface area (TPSA) is 95.6 Å². The fourth-order valence-electron chi connectivity index (χ4n) is 2.49. The summed E-state index contributed by atoms with van der Waals surface area (Å²) in [5.41, 5.74) is 0.608. The van der Waals surface area contributed by atoms with Gasteiger partial charge in [0.25, 0.3) is 0 Å². The fraction of sp³-hybridized carbons (Fsp3) is 0.588. The summed E-state index contributed by atoms with van der Waals surface area (Å²) >= 11 is 0.